The second-order valence-electron chi connectivity index (χ2n) is 5.25. The van der Waals surface area contributed by atoms with Crippen molar-refractivity contribution in [1.82, 2.24) is 40.0 Å². The summed E-state index contributed by atoms with van der Waals surface area (Å²) >= 11 is 0. The van der Waals surface area contributed by atoms with Crippen LogP contribution in [0.1, 0.15) is 21.9 Å². The number of hydrogen-bond acceptors (Lipinski definition) is 8. The molecule has 0 saturated carbocycles. The summed E-state index contributed by atoms with van der Waals surface area (Å²) in [6.07, 6.45) is -3.31. The summed E-state index contributed by atoms with van der Waals surface area (Å²) < 4.78 is 46.7. The number of carbonyl (C=O) groups excluding carboxylic acids is 1. The molecule has 3 rings (SSSR count). The Bertz CT molecular complexity index is 966. The molecule has 27 heavy (non-hydrogen) atoms. The van der Waals surface area contributed by atoms with E-state index in [0.29, 0.717) is 6.07 Å². The van der Waals surface area contributed by atoms with Gasteiger partial charge in [0.25, 0.3) is 5.91 Å². The van der Waals surface area contributed by atoms with Gasteiger partial charge < -0.3 is 4.74 Å². The second-order valence-corrected chi connectivity index (χ2v) is 5.25. The van der Waals surface area contributed by atoms with Crippen molar-refractivity contribution in [3.8, 4) is 5.88 Å². The van der Waals surface area contributed by atoms with Crippen LogP contribution in [0.15, 0.2) is 18.5 Å². The molecule has 1 N–H and O–H groups in total. The minimum absolute atomic E-state index is 0.00255. The summed E-state index contributed by atoms with van der Waals surface area (Å²) in [4.78, 5) is 19.7. The lowest BCUT2D eigenvalue weighted by molar-refractivity contribution is -0.141. The number of hydrogen-bond donors (Lipinski definition) is 1. The van der Waals surface area contributed by atoms with Crippen LogP contribution in [-0.2, 0) is 26.9 Å². The van der Waals surface area contributed by atoms with Crippen molar-refractivity contribution < 1.29 is 22.7 Å². The van der Waals surface area contributed by atoms with Gasteiger partial charge in [-0.05, 0) is 22.6 Å². The van der Waals surface area contributed by atoms with Crippen molar-refractivity contribution in [3.63, 3.8) is 0 Å². The summed E-state index contributed by atoms with van der Waals surface area (Å²) in [6, 6.07) is 1.63. The molecule has 0 radical (unpaired) electrons. The number of anilines is 1. The van der Waals surface area contributed by atoms with E-state index < -0.39 is 23.7 Å². The Morgan fingerprint density at radius 3 is 2.67 bits per heavy atom. The minimum atomic E-state index is -4.70. The maximum Gasteiger partial charge on any atom is 0.433 e. The topological polar surface area (TPSA) is 126 Å². The molecule has 0 aliphatic carbocycles. The van der Waals surface area contributed by atoms with E-state index in [1.807, 2.05) is 0 Å². The van der Waals surface area contributed by atoms with Crippen molar-refractivity contribution >= 4 is 11.9 Å². The molecule has 0 aliphatic heterocycles. The van der Waals surface area contributed by atoms with Crippen LogP contribution in [0.2, 0.25) is 0 Å². The molecular formula is C13H12F3N9O2. The number of aromatic nitrogens is 8. The van der Waals surface area contributed by atoms with Gasteiger partial charge in [0.2, 0.25) is 11.8 Å². The summed E-state index contributed by atoms with van der Waals surface area (Å²) in [5.41, 5.74) is -1.44. The normalized spacial score (nSPS) is 11.4. The lowest BCUT2D eigenvalue weighted by Crippen LogP contribution is -2.19. The highest BCUT2D eigenvalue weighted by Gasteiger charge is 2.34. The molecule has 0 aliphatic rings. The number of nitrogens with one attached hydrogen (secondary N) is 1. The van der Waals surface area contributed by atoms with Crippen LogP contribution in [0, 0.1) is 0 Å². The van der Waals surface area contributed by atoms with Gasteiger partial charge in [0.05, 0.1) is 0 Å². The predicted octanol–water partition coefficient (Wildman–Crippen LogP) is 0.584. The molecule has 0 spiro atoms. The van der Waals surface area contributed by atoms with E-state index in [1.54, 1.807) is 7.05 Å². The smallest absolute Gasteiger partial charge is 0.433 e. The van der Waals surface area contributed by atoms with E-state index in [2.05, 4.69) is 35.9 Å². The van der Waals surface area contributed by atoms with Crippen molar-refractivity contribution in [3.05, 3.63) is 35.5 Å². The molecule has 0 fully saturated rings. The van der Waals surface area contributed by atoms with Crippen LogP contribution in [0.3, 0.4) is 0 Å². The summed E-state index contributed by atoms with van der Waals surface area (Å²) in [5, 5.41) is 16.8. The molecule has 3 heterocycles. The average molecular weight is 383 g/mol. The van der Waals surface area contributed by atoms with Crippen LogP contribution >= 0.6 is 0 Å². The van der Waals surface area contributed by atoms with Gasteiger partial charge in [-0.25, -0.2) is 14.6 Å². The summed E-state index contributed by atoms with van der Waals surface area (Å²) in [7, 11) is 3.09. The Morgan fingerprint density at radius 1 is 1.30 bits per heavy atom. The lowest BCUT2D eigenvalue weighted by Gasteiger charge is -2.12. The molecule has 14 heteroatoms. The number of pyridine rings is 1. The number of halogens is 3. The van der Waals surface area contributed by atoms with Gasteiger partial charge in [-0.1, -0.05) is 5.10 Å². The largest absolute Gasteiger partial charge is 0.469 e. The van der Waals surface area contributed by atoms with Crippen LogP contribution in [0.5, 0.6) is 5.88 Å². The fourth-order valence-corrected chi connectivity index (χ4v) is 1.97. The van der Waals surface area contributed by atoms with Gasteiger partial charge in [0.15, 0.2) is 12.4 Å². The van der Waals surface area contributed by atoms with Gasteiger partial charge >= 0.3 is 6.18 Å². The number of rotatable bonds is 5. The maximum atomic E-state index is 12.9. The zero-order valence-electron chi connectivity index (χ0n) is 14.0. The first-order chi connectivity index (χ1) is 12.7. The number of ether oxygens (including phenoxy) is 1. The third-order valence-corrected chi connectivity index (χ3v) is 3.23. The number of amides is 1. The fraction of sp³-hybridized carbons (Fsp3) is 0.308. The molecule has 0 bridgehead atoms. The Kier molecular flexibility index (Phi) is 4.70. The Labute approximate surface area is 149 Å². The Balaban J connectivity index is 1.89. The van der Waals surface area contributed by atoms with Gasteiger partial charge in [-0.3, -0.25) is 14.8 Å². The van der Waals surface area contributed by atoms with Crippen LogP contribution in [0.4, 0.5) is 19.1 Å². The predicted molar refractivity (Wildman–Crippen MR) is 81.3 cm³/mol. The Hall–Kier alpha value is -3.58. The molecule has 142 valence electrons. The maximum absolute atomic E-state index is 12.9. The zero-order valence-corrected chi connectivity index (χ0v) is 14.0. The molecule has 0 aromatic carbocycles. The molecule has 3 aromatic rings. The summed E-state index contributed by atoms with van der Waals surface area (Å²) in [6.45, 7) is -0.277. The van der Waals surface area contributed by atoms with E-state index in [4.69, 9.17) is 4.74 Å². The van der Waals surface area contributed by atoms with Crippen LogP contribution < -0.4 is 10.1 Å². The Morgan fingerprint density at radius 2 is 2.07 bits per heavy atom. The van der Waals surface area contributed by atoms with E-state index in [-0.39, 0.29) is 23.9 Å². The van der Waals surface area contributed by atoms with Crippen molar-refractivity contribution in [2.24, 2.45) is 14.1 Å². The highest BCUT2D eigenvalue weighted by Crippen LogP contribution is 2.30. The lowest BCUT2D eigenvalue weighted by atomic mass is 10.2. The number of tetrazole rings is 1. The average Bonchev–Trinajstić information content (AvgIpc) is 3.20. The molecule has 3 aromatic heterocycles. The fourth-order valence-electron chi connectivity index (χ4n) is 1.97. The highest BCUT2D eigenvalue weighted by atomic mass is 19.4. The molecule has 0 saturated heterocycles. The first-order valence-electron chi connectivity index (χ1n) is 7.33. The highest BCUT2D eigenvalue weighted by molar-refractivity contribution is 6.04. The van der Waals surface area contributed by atoms with Crippen molar-refractivity contribution in [2.45, 2.75) is 12.8 Å². The summed E-state index contributed by atoms with van der Waals surface area (Å²) in [5.74, 6) is -1.11. The van der Waals surface area contributed by atoms with E-state index in [0.717, 1.165) is 6.07 Å². The number of aryl methyl sites for hydroxylation is 2. The van der Waals surface area contributed by atoms with E-state index >= 15 is 0 Å². The molecular weight excluding hydrogens is 371 g/mol. The third kappa shape index (κ3) is 4.16. The third-order valence-electron chi connectivity index (χ3n) is 3.23. The minimum Gasteiger partial charge on any atom is -0.469 e. The van der Waals surface area contributed by atoms with Gasteiger partial charge in [-0.2, -0.15) is 18.3 Å². The molecule has 0 unspecified atom stereocenters. The zero-order chi connectivity index (χ0) is 19.6. The van der Waals surface area contributed by atoms with E-state index in [9.17, 15) is 18.0 Å². The van der Waals surface area contributed by atoms with E-state index in [1.165, 1.54) is 22.7 Å². The molecule has 0 atom stereocenters. The monoisotopic (exact) mass is 383 g/mol. The van der Waals surface area contributed by atoms with Crippen LogP contribution in [0.25, 0.3) is 0 Å². The number of nitrogens with zero attached hydrogens (tertiary/aromatic N) is 8. The van der Waals surface area contributed by atoms with Gasteiger partial charge in [-0.15, -0.1) is 0 Å². The van der Waals surface area contributed by atoms with Gasteiger partial charge in [0, 0.05) is 14.1 Å². The first kappa shape index (κ1) is 18.2. The number of carbonyl (C=O) groups is 1. The molecule has 11 nitrogen and oxygen atoms in total. The standard InChI is InChI=1S/C13H12F3N9O2/c1-24-6-17-9(21-24)5-27-11-7(3-4-8(18-11)13(14,15)16)10(26)19-12-20-22-23-25(12)2/h3-4,6H,5H2,1-2H3,(H,19,20,23,26). The SMILES string of the molecule is Cn1cnc(COc2nc(C(F)(F)F)ccc2C(=O)Nc2nnnn2C)n1. The number of alkyl halides is 3. The van der Waals surface area contributed by atoms with Gasteiger partial charge in [0.1, 0.15) is 17.6 Å². The second kappa shape index (κ2) is 6.97. The first-order valence-corrected chi connectivity index (χ1v) is 7.33. The quantitative estimate of drug-likeness (QED) is 0.678. The molecule has 1 amide bonds. The van der Waals surface area contributed by atoms with Crippen LogP contribution in [-0.4, -0.2) is 45.9 Å². The van der Waals surface area contributed by atoms with Crippen molar-refractivity contribution in [1.29, 1.82) is 0 Å². The van der Waals surface area contributed by atoms with Crippen molar-refractivity contribution in [2.75, 3.05) is 5.32 Å².